The molecule has 144 valence electrons. The second kappa shape index (κ2) is 8.70. The molecule has 1 amide bonds. The lowest BCUT2D eigenvalue weighted by Crippen LogP contribution is -2.48. The molecular weight excluding hydrogens is 342 g/mol. The molecule has 7 heteroatoms. The van der Waals surface area contributed by atoms with Gasteiger partial charge in [0.05, 0.1) is 13.1 Å². The molecule has 1 aromatic heterocycles. The smallest absolute Gasteiger partial charge is 0.241 e. The Morgan fingerprint density at radius 2 is 2.11 bits per heavy atom. The molecule has 1 aliphatic heterocycles. The number of aromatic nitrogens is 2. The zero-order valence-electron chi connectivity index (χ0n) is 16.2. The van der Waals surface area contributed by atoms with Crippen LogP contribution in [0.5, 0.6) is 5.75 Å². The Kier molecular flexibility index (Phi) is 6.11. The molecule has 2 heterocycles. The number of hydrogen-bond donors (Lipinski definition) is 1. The standard InChI is InChI=1S/C20H27N5O2/c1-4-16(27-17-7-5-6-15(2)10-17)12-21-18-11-19(23-14-22-18)25-9-8-24(3)20(26)13-25/h5-7,10-11,14,16H,4,8-9,12-13H2,1-3H3,(H,21,22,23). The normalized spacial score (nSPS) is 15.6. The van der Waals surface area contributed by atoms with Crippen LogP contribution in [0.1, 0.15) is 18.9 Å². The number of piperazine rings is 1. The predicted octanol–water partition coefficient (Wildman–Crippen LogP) is 2.33. The Morgan fingerprint density at radius 3 is 2.85 bits per heavy atom. The second-order valence-electron chi connectivity index (χ2n) is 6.84. The van der Waals surface area contributed by atoms with Gasteiger partial charge in [0.15, 0.2) is 0 Å². The van der Waals surface area contributed by atoms with Crippen molar-refractivity contribution in [3.63, 3.8) is 0 Å². The Bertz CT molecular complexity index is 782. The average Bonchev–Trinajstić information content (AvgIpc) is 2.67. The fraction of sp³-hybridized carbons (Fsp3) is 0.450. The van der Waals surface area contributed by atoms with Crippen molar-refractivity contribution < 1.29 is 9.53 Å². The molecule has 7 nitrogen and oxygen atoms in total. The number of likely N-dealkylation sites (N-methyl/N-ethyl adjacent to an activating group) is 1. The van der Waals surface area contributed by atoms with Crippen LogP contribution in [-0.2, 0) is 4.79 Å². The first-order valence-electron chi connectivity index (χ1n) is 9.33. The van der Waals surface area contributed by atoms with Gasteiger partial charge in [-0.1, -0.05) is 19.1 Å². The highest BCUT2D eigenvalue weighted by atomic mass is 16.5. The first-order chi connectivity index (χ1) is 13.0. The van der Waals surface area contributed by atoms with Crippen LogP contribution in [0.15, 0.2) is 36.7 Å². The Hall–Kier alpha value is -2.83. The molecular formula is C20H27N5O2. The molecule has 0 bridgehead atoms. The highest BCUT2D eigenvalue weighted by Crippen LogP contribution is 2.18. The van der Waals surface area contributed by atoms with Crippen LogP contribution in [0.4, 0.5) is 11.6 Å². The highest BCUT2D eigenvalue weighted by Gasteiger charge is 2.22. The van der Waals surface area contributed by atoms with Crippen LogP contribution in [-0.4, -0.2) is 60.1 Å². The molecule has 3 rings (SSSR count). The largest absolute Gasteiger partial charge is 0.489 e. The monoisotopic (exact) mass is 369 g/mol. The van der Waals surface area contributed by atoms with Gasteiger partial charge in [-0.3, -0.25) is 4.79 Å². The van der Waals surface area contributed by atoms with Gasteiger partial charge in [0.1, 0.15) is 29.8 Å². The second-order valence-corrected chi connectivity index (χ2v) is 6.84. The van der Waals surface area contributed by atoms with E-state index >= 15 is 0 Å². The number of hydrogen-bond acceptors (Lipinski definition) is 6. The topological polar surface area (TPSA) is 70.6 Å². The van der Waals surface area contributed by atoms with Gasteiger partial charge in [-0.05, 0) is 31.0 Å². The summed E-state index contributed by atoms with van der Waals surface area (Å²) in [6, 6.07) is 9.95. The molecule has 1 aromatic carbocycles. The third-order valence-corrected chi connectivity index (χ3v) is 4.69. The number of aryl methyl sites for hydroxylation is 1. The van der Waals surface area contributed by atoms with Gasteiger partial charge in [-0.2, -0.15) is 0 Å². The number of amides is 1. The lowest BCUT2D eigenvalue weighted by Gasteiger charge is -2.32. The van der Waals surface area contributed by atoms with Gasteiger partial charge in [0, 0.05) is 26.2 Å². The molecule has 1 unspecified atom stereocenters. The van der Waals surface area contributed by atoms with Crippen molar-refractivity contribution in [3.8, 4) is 5.75 Å². The maximum atomic E-state index is 11.9. The van der Waals surface area contributed by atoms with Crippen LogP contribution in [0.3, 0.4) is 0 Å². The summed E-state index contributed by atoms with van der Waals surface area (Å²) in [5, 5.41) is 3.33. The van der Waals surface area contributed by atoms with E-state index in [1.807, 2.05) is 36.2 Å². The zero-order valence-corrected chi connectivity index (χ0v) is 16.2. The summed E-state index contributed by atoms with van der Waals surface area (Å²) in [5.41, 5.74) is 1.18. The van der Waals surface area contributed by atoms with E-state index < -0.39 is 0 Å². The van der Waals surface area contributed by atoms with Crippen molar-refractivity contribution in [3.05, 3.63) is 42.2 Å². The maximum Gasteiger partial charge on any atom is 0.241 e. The first kappa shape index (κ1) is 18.9. The van der Waals surface area contributed by atoms with E-state index in [2.05, 4.69) is 35.2 Å². The molecule has 0 radical (unpaired) electrons. The number of carbonyl (C=O) groups excluding carboxylic acids is 1. The van der Waals surface area contributed by atoms with E-state index in [1.54, 1.807) is 4.90 Å². The summed E-state index contributed by atoms with van der Waals surface area (Å²) < 4.78 is 6.07. The highest BCUT2D eigenvalue weighted by molar-refractivity contribution is 5.82. The Labute approximate surface area is 160 Å². The van der Waals surface area contributed by atoms with Gasteiger partial charge in [-0.15, -0.1) is 0 Å². The Balaban J connectivity index is 1.59. The van der Waals surface area contributed by atoms with E-state index in [9.17, 15) is 4.79 Å². The van der Waals surface area contributed by atoms with Gasteiger partial charge in [0.2, 0.25) is 5.91 Å². The van der Waals surface area contributed by atoms with E-state index in [4.69, 9.17) is 4.74 Å². The minimum atomic E-state index is 0.0374. The maximum absolute atomic E-state index is 11.9. The fourth-order valence-electron chi connectivity index (χ4n) is 2.94. The summed E-state index contributed by atoms with van der Waals surface area (Å²) in [6.45, 7) is 6.62. The number of rotatable bonds is 7. The van der Waals surface area contributed by atoms with Crippen LogP contribution < -0.4 is 15.0 Å². The average molecular weight is 369 g/mol. The van der Waals surface area contributed by atoms with Gasteiger partial charge in [0.25, 0.3) is 0 Å². The van der Waals surface area contributed by atoms with Crippen LogP contribution in [0.25, 0.3) is 0 Å². The molecule has 1 saturated heterocycles. The van der Waals surface area contributed by atoms with Crippen molar-refractivity contribution in [2.45, 2.75) is 26.4 Å². The van der Waals surface area contributed by atoms with Crippen molar-refractivity contribution in [1.82, 2.24) is 14.9 Å². The molecule has 0 spiro atoms. The first-order valence-corrected chi connectivity index (χ1v) is 9.33. The third-order valence-electron chi connectivity index (χ3n) is 4.69. The molecule has 0 saturated carbocycles. The number of benzene rings is 1. The number of nitrogens with one attached hydrogen (secondary N) is 1. The van der Waals surface area contributed by atoms with E-state index in [-0.39, 0.29) is 12.0 Å². The van der Waals surface area contributed by atoms with Crippen LogP contribution in [0.2, 0.25) is 0 Å². The molecule has 1 fully saturated rings. The van der Waals surface area contributed by atoms with Gasteiger partial charge >= 0.3 is 0 Å². The molecule has 0 aliphatic carbocycles. The molecule has 1 N–H and O–H groups in total. The lowest BCUT2D eigenvalue weighted by atomic mass is 10.2. The number of nitrogens with zero attached hydrogens (tertiary/aromatic N) is 4. The van der Waals surface area contributed by atoms with Crippen molar-refractivity contribution in [1.29, 1.82) is 0 Å². The van der Waals surface area contributed by atoms with Crippen LogP contribution in [0, 0.1) is 6.92 Å². The number of anilines is 2. The fourth-order valence-corrected chi connectivity index (χ4v) is 2.94. The lowest BCUT2D eigenvalue weighted by molar-refractivity contribution is -0.129. The SMILES string of the molecule is CCC(CNc1cc(N2CCN(C)C(=O)C2)ncn1)Oc1cccc(C)c1. The van der Waals surface area contributed by atoms with E-state index in [0.717, 1.165) is 30.4 Å². The minimum Gasteiger partial charge on any atom is -0.489 e. The van der Waals surface area contributed by atoms with Crippen molar-refractivity contribution in [2.24, 2.45) is 0 Å². The molecule has 2 aromatic rings. The molecule has 27 heavy (non-hydrogen) atoms. The summed E-state index contributed by atoms with van der Waals surface area (Å²) in [4.78, 5) is 24.3. The minimum absolute atomic E-state index is 0.0374. The Morgan fingerprint density at radius 1 is 1.26 bits per heavy atom. The predicted molar refractivity (Wildman–Crippen MR) is 106 cm³/mol. The molecule has 1 aliphatic rings. The summed E-state index contributed by atoms with van der Waals surface area (Å²) >= 11 is 0. The molecule has 1 atom stereocenters. The van der Waals surface area contributed by atoms with Gasteiger partial charge in [-0.25, -0.2) is 9.97 Å². The summed E-state index contributed by atoms with van der Waals surface area (Å²) in [6.07, 6.45) is 2.45. The summed E-state index contributed by atoms with van der Waals surface area (Å²) in [5.74, 6) is 2.48. The van der Waals surface area contributed by atoms with Crippen LogP contribution >= 0.6 is 0 Å². The van der Waals surface area contributed by atoms with E-state index in [1.165, 1.54) is 11.9 Å². The quantitative estimate of drug-likeness (QED) is 0.808. The third kappa shape index (κ3) is 5.09. The van der Waals surface area contributed by atoms with Crippen molar-refractivity contribution >= 4 is 17.5 Å². The number of ether oxygens (including phenoxy) is 1. The van der Waals surface area contributed by atoms with E-state index in [0.29, 0.717) is 19.6 Å². The zero-order chi connectivity index (χ0) is 19.2. The van der Waals surface area contributed by atoms with Crippen molar-refractivity contribution in [2.75, 3.05) is 43.4 Å². The van der Waals surface area contributed by atoms with Gasteiger partial charge < -0.3 is 19.9 Å². The number of carbonyl (C=O) groups is 1. The summed E-state index contributed by atoms with van der Waals surface area (Å²) in [7, 11) is 1.83.